The molecule has 6 nitrogen and oxygen atoms in total. The van der Waals surface area contributed by atoms with Crippen LogP contribution < -0.4 is 10.5 Å². The molecule has 1 rings (SSSR count). The molecule has 2 unspecified atom stereocenters. The maximum Gasteiger partial charge on any atom is 0.212 e. The quantitative estimate of drug-likeness (QED) is 0.685. The van der Waals surface area contributed by atoms with E-state index in [9.17, 15) is 16.8 Å². The maximum atomic E-state index is 11.6. The van der Waals surface area contributed by atoms with Gasteiger partial charge in [-0.2, -0.15) is 0 Å². The smallest absolute Gasteiger partial charge is 0.212 e. The number of nitrogens with two attached hydrogens (primary N) is 1. The van der Waals surface area contributed by atoms with Gasteiger partial charge in [-0.3, -0.25) is 0 Å². The third-order valence-corrected chi connectivity index (χ3v) is 5.81. The molecule has 1 aliphatic carbocycles. The lowest BCUT2D eigenvalue weighted by Crippen LogP contribution is -2.42. The van der Waals surface area contributed by atoms with Gasteiger partial charge in [0.15, 0.2) is 0 Å². The van der Waals surface area contributed by atoms with Crippen LogP contribution in [0.3, 0.4) is 0 Å². The van der Waals surface area contributed by atoms with Crippen LogP contribution >= 0.6 is 0 Å². The lowest BCUT2D eigenvalue weighted by Gasteiger charge is -2.28. The Morgan fingerprint density at radius 1 is 1.11 bits per heavy atom. The molecule has 0 aromatic rings. The molecule has 1 aliphatic rings. The summed E-state index contributed by atoms with van der Waals surface area (Å²) in [7, 11) is -6.78. The molecule has 0 aliphatic heterocycles. The van der Waals surface area contributed by atoms with E-state index in [1.54, 1.807) is 0 Å². The van der Waals surface area contributed by atoms with Crippen LogP contribution in [0.5, 0.6) is 0 Å². The van der Waals surface area contributed by atoms with Crippen molar-refractivity contribution in [3.05, 3.63) is 0 Å². The standard InChI is InChI=1S/C10H22N2O4S2/c1-17(13,14)6-7-18(15,16)12-8-9-4-2-3-5-10(9)11/h9-10,12H,2-8,11H2,1H3. The summed E-state index contributed by atoms with van der Waals surface area (Å²) in [5, 5.41) is 0. The summed E-state index contributed by atoms with van der Waals surface area (Å²) >= 11 is 0. The molecule has 0 saturated heterocycles. The molecule has 0 aromatic heterocycles. The Balaban J connectivity index is 2.41. The lowest BCUT2D eigenvalue weighted by atomic mass is 9.85. The summed E-state index contributed by atoms with van der Waals surface area (Å²) in [6, 6.07) is 0.0383. The first-order chi connectivity index (χ1) is 8.20. The van der Waals surface area contributed by atoms with Crippen molar-refractivity contribution in [1.29, 1.82) is 0 Å². The Morgan fingerprint density at radius 3 is 2.28 bits per heavy atom. The van der Waals surface area contributed by atoms with Crippen LogP contribution in [0.25, 0.3) is 0 Å². The molecule has 1 saturated carbocycles. The van der Waals surface area contributed by atoms with Gasteiger partial charge in [0.2, 0.25) is 10.0 Å². The number of hydrogen-bond acceptors (Lipinski definition) is 5. The van der Waals surface area contributed by atoms with E-state index < -0.39 is 19.9 Å². The van der Waals surface area contributed by atoms with Gasteiger partial charge in [0.05, 0.1) is 11.5 Å². The number of nitrogens with one attached hydrogen (secondary N) is 1. The van der Waals surface area contributed by atoms with E-state index in [0.29, 0.717) is 6.54 Å². The molecule has 1 fully saturated rings. The van der Waals surface area contributed by atoms with Crippen molar-refractivity contribution in [2.75, 3.05) is 24.3 Å². The molecule has 0 bridgehead atoms. The fourth-order valence-corrected chi connectivity index (χ4v) is 4.76. The predicted molar refractivity (Wildman–Crippen MR) is 71.4 cm³/mol. The van der Waals surface area contributed by atoms with Gasteiger partial charge < -0.3 is 5.73 Å². The second-order valence-corrected chi connectivity index (χ2v) is 9.19. The highest BCUT2D eigenvalue weighted by Crippen LogP contribution is 2.22. The molecule has 0 aromatic carbocycles. The second-order valence-electron chi connectivity index (χ2n) is 5.01. The normalized spacial score (nSPS) is 26.1. The van der Waals surface area contributed by atoms with Crippen LogP contribution in [-0.4, -0.2) is 47.2 Å². The zero-order valence-electron chi connectivity index (χ0n) is 10.6. The Labute approximate surface area is 109 Å². The van der Waals surface area contributed by atoms with Gasteiger partial charge in [-0.05, 0) is 18.8 Å². The first-order valence-electron chi connectivity index (χ1n) is 6.10. The minimum Gasteiger partial charge on any atom is -0.327 e. The average Bonchev–Trinajstić information content (AvgIpc) is 2.25. The summed E-state index contributed by atoms with van der Waals surface area (Å²) in [5.41, 5.74) is 5.92. The third-order valence-electron chi connectivity index (χ3n) is 3.26. The van der Waals surface area contributed by atoms with E-state index in [1.165, 1.54) is 0 Å². The van der Waals surface area contributed by atoms with Crippen molar-refractivity contribution >= 4 is 19.9 Å². The SMILES string of the molecule is CS(=O)(=O)CCS(=O)(=O)NCC1CCCCC1N. The maximum absolute atomic E-state index is 11.6. The highest BCUT2D eigenvalue weighted by Gasteiger charge is 2.23. The minimum absolute atomic E-state index is 0.0383. The van der Waals surface area contributed by atoms with E-state index in [0.717, 1.165) is 31.9 Å². The van der Waals surface area contributed by atoms with Crippen molar-refractivity contribution in [3.63, 3.8) is 0 Å². The van der Waals surface area contributed by atoms with Gasteiger partial charge in [0.25, 0.3) is 0 Å². The molecular weight excluding hydrogens is 276 g/mol. The molecule has 2 atom stereocenters. The Hall–Kier alpha value is -0.180. The van der Waals surface area contributed by atoms with Gasteiger partial charge in [0.1, 0.15) is 9.84 Å². The molecule has 0 amide bonds. The van der Waals surface area contributed by atoms with E-state index in [4.69, 9.17) is 5.73 Å². The van der Waals surface area contributed by atoms with Gasteiger partial charge in [-0.15, -0.1) is 0 Å². The van der Waals surface area contributed by atoms with Crippen LogP contribution in [0.1, 0.15) is 25.7 Å². The van der Waals surface area contributed by atoms with Crippen molar-refractivity contribution in [2.45, 2.75) is 31.7 Å². The summed E-state index contributed by atoms with van der Waals surface area (Å²) in [4.78, 5) is 0. The highest BCUT2D eigenvalue weighted by atomic mass is 32.2. The lowest BCUT2D eigenvalue weighted by molar-refractivity contribution is 0.308. The molecule has 8 heteroatoms. The zero-order valence-corrected chi connectivity index (χ0v) is 12.3. The number of sulfone groups is 1. The van der Waals surface area contributed by atoms with Crippen LogP contribution in [-0.2, 0) is 19.9 Å². The summed E-state index contributed by atoms with van der Waals surface area (Å²) in [6.45, 7) is 0.313. The van der Waals surface area contributed by atoms with Crippen LogP contribution in [0.2, 0.25) is 0 Å². The number of rotatable bonds is 6. The van der Waals surface area contributed by atoms with E-state index >= 15 is 0 Å². The Kier molecular flexibility index (Phi) is 5.57. The average molecular weight is 298 g/mol. The molecule has 0 radical (unpaired) electrons. The van der Waals surface area contributed by atoms with Gasteiger partial charge >= 0.3 is 0 Å². The zero-order chi connectivity index (χ0) is 13.8. The highest BCUT2D eigenvalue weighted by molar-refractivity contribution is 7.93. The van der Waals surface area contributed by atoms with Gasteiger partial charge in [-0.25, -0.2) is 21.6 Å². The second kappa shape index (κ2) is 6.31. The molecule has 3 N–H and O–H groups in total. The van der Waals surface area contributed by atoms with Crippen molar-refractivity contribution in [1.82, 2.24) is 4.72 Å². The van der Waals surface area contributed by atoms with Gasteiger partial charge in [0, 0.05) is 18.8 Å². The van der Waals surface area contributed by atoms with Crippen molar-refractivity contribution < 1.29 is 16.8 Å². The van der Waals surface area contributed by atoms with E-state index in [2.05, 4.69) is 4.72 Å². The van der Waals surface area contributed by atoms with Gasteiger partial charge in [-0.1, -0.05) is 12.8 Å². The fraction of sp³-hybridized carbons (Fsp3) is 1.00. The molecule has 108 valence electrons. The summed E-state index contributed by atoms with van der Waals surface area (Å²) in [6.07, 6.45) is 5.05. The third kappa shape index (κ3) is 6.12. The molecule has 18 heavy (non-hydrogen) atoms. The summed E-state index contributed by atoms with van der Waals surface area (Å²) in [5.74, 6) is -0.570. The van der Waals surface area contributed by atoms with Crippen molar-refractivity contribution in [3.8, 4) is 0 Å². The fourth-order valence-electron chi connectivity index (χ4n) is 2.06. The summed E-state index contributed by atoms with van der Waals surface area (Å²) < 4.78 is 47.5. The molecular formula is C10H22N2O4S2. The molecule has 0 heterocycles. The largest absolute Gasteiger partial charge is 0.327 e. The Bertz CT molecular complexity index is 458. The van der Waals surface area contributed by atoms with E-state index in [-0.39, 0.29) is 23.5 Å². The first kappa shape index (κ1) is 15.9. The first-order valence-corrected chi connectivity index (χ1v) is 9.81. The monoisotopic (exact) mass is 298 g/mol. The predicted octanol–water partition coefficient (Wildman–Crippen LogP) is -0.532. The minimum atomic E-state index is -3.52. The molecule has 0 spiro atoms. The van der Waals surface area contributed by atoms with Crippen molar-refractivity contribution in [2.24, 2.45) is 11.7 Å². The van der Waals surface area contributed by atoms with Crippen LogP contribution in [0, 0.1) is 5.92 Å². The number of sulfonamides is 1. The topological polar surface area (TPSA) is 106 Å². The van der Waals surface area contributed by atoms with E-state index in [1.807, 2.05) is 0 Å². The number of hydrogen-bond donors (Lipinski definition) is 2. The van der Waals surface area contributed by atoms with Crippen LogP contribution in [0.15, 0.2) is 0 Å². The Morgan fingerprint density at radius 2 is 1.72 bits per heavy atom. The van der Waals surface area contributed by atoms with Crippen LogP contribution in [0.4, 0.5) is 0 Å².